The Hall–Kier alpha value is -2.54. The van der Waals surface area contributed by atoms with E-state index in [2.05, 4.69) is 20.8 Å². The molecule has 2 N–H and O–H groups in total. The summed E-state index contributed by atoms with van der Waals surface area (Å²) in [6, 6.07) is 7.48. The lowest BCUT2D eigenvalue weighted by molar-refractivity contribution is -0.111. The van der Waals surface area contributed by atoms with Crippen molar-refractivity contribution in [2.45, 2.75) is 45.1 Å². The van der Waals surface area contributed by atoms with Crippen LogP contribution in [0, 0.1) is 0 Å². The Labute approximate surface area is 156 Å². The van der Waals surface area contributed by atoms with Crippen LogP contribution in [0.25, 0.3) is 6.08 Å². The topological polar surface area (TPSA) is 84.0 Å². The Balaban J connectivity index is 1.55. The number of hydrogen-bond donors (Lipinski definition) is 2. The molecule has 7 heteroatoms. The van der Waals surface area contributed by atoms with Gasteiger partial charge in [-0.2, -0.15) is 0 Å². The molecule has 1 aromatic carbocycles. The third-order valence-electron chi connectivity index (χ3n) is 3.81. The van der Waals surface area contributed by atoms with Gasteiger partial charge in [-0.15, -0.1) is 10.2 Å². The van der Waals surface area contributed by atoms with Gasteiger partial charge in [0, 0.05) is 23.1 Å². The molecule has 0 unspecified atom stereocenters. The van der Waals surface area contributed by atoms with E-state index in [0.717, 1.165) is 23.4 Å². The lowest BCUT2D eigenvalue weighted by Gasteiger charge is -2.12. The predicted octanol–water partition coefficient (Wildman–Crippen LogP) is 3.38. The summed E-state index contributed by atoms with van der Waals surface area (Å²) in [5.41, 5.74) is 1.38. The minimum Gasteiger partial charge on any atom is -0.349 e. The minimum absolute atomic E-state index is 0.0494. The first kappa shape index (κ1) is 18.3. The molecule has 0 aliphatic heterocycles. The zero-order chi connectivity index (χ0) is 18.7. The van der Waals surface area contributed by atoms with Gasteiger partial charge in [-0.05, 0) is 36.6 Å². The third-order valence-corrected chi connectivity index (χ3v) is 5.07. The summed E-state index contributed by atoms with van der Waals surface area (Å²) in [6.07, 6.45) is 5.27. The smallest absolute Gasteiger partial charge is 0.251 e. The zero-order valence-electron chi connectivity index (χ0n) is 15.1. The van der Waals surface area contributed by atoms with Gasteiger partial charge in [0.15, 0.2) is 0 Å². The Morgan fingerprint density at radius 2 is 1.85 bits per heavy atom. The van der Waals surface area contributed by atoms with Crippen LogP contribution in [-0.2, 0) is 10.2 Å². The second-order valence-corrected chi connectivity index (χ2v) is 8.33. The fourth-order valence-corrected chi connectivity index (χ4v) is 2.94. The molecule has 3 rings (SSSR count). The summed E-state index contributed by atoms with van der Waals surface area (Å²) in [4.78, 5) is 24.0. The Morgan fingerprint density at radius 3 is 2.42 bits per heavy atom. The maximum absolute atomic E-state index is 12.0. The highest BCUT2D eigenvalue weighted by Gasteiger charge is 2.23. The minimum atomic E-state index is -0.267. The van der Waals surface area contributed by atoms with Crippen molar-refractivity contribution in [2.24, 2.45) is 0 Å². The monoisotopic (exact) mass is 370 g/mol. The van der Waals surface area contributed by atoms with E-state index >= 15 is 0 Å². The summed E-state index contributed by atoms with van der Waals surface area (Å²) in [5.74, 6) is -0.316. The van der Waals surface area contributed by atoms with Gasteiger partial charge >= 0.3 is 0 Å². The van der Waals surface area contributed by atoms with Crippen LogP contribution in [0.15, 0.2) is 30.3 Å². The number of nitrogens with one attached hydrogen (secondary N) is 2. The number of nitrogens with zero attached hydrogens (tertiary/aromatic N) is 2. The van der Waals surface area contributed by atoms with Gasteiger partial charge in [0.2, 0.25) is 11.0 Å². The normalized spacial score (nSPS) is 14.4. The molecule has 1 aliphatic carbocycles. The van der Waals surface area contributed by atoms with E-state index in [1.54, 1.807) is 18.2 Å². The first-order valence-corrected chi connectivity index (χ1v) is 9.37. The second kappa shape index (κ2) is 7.37. The van der Waals surface area contributed by atoms with Crippen molar-refractivity contribution in [3.63, 3.8) is 0 Å². The van der Waals surface area contributed by atoms with E-state index in [1.165, 1.54) is 17.4 Å². The molecule has 1 saturated carbocycles. The number of anilines is 1. The van der Waals surface area contributed by atoms with Crippen LogP contribution in [0.3, 0.4) is 0 Å². The molecule has 0 atom stereocenters. The van der Waals surface area contributed by atoms with Gasteiger partial charge in [-0.1, -0.05) is 44.2 Å². The highest BCUT2D eigenvalue weighted by molar-refractivity contribution is 7.15. The lowest BCUT2D eigenvalue weighted by Crippen LogP contribution is -2.25. The Morgan fingerprint density at radius 1 is 1.15 bits per heavy atom. The maximum Gasteiger partial charge on any atom is 0.251 e. The summed E-state index contributed by atoms with van der Waals surface area (Å²) in [6.45, 7) is 6.15. The van der Waals surface area contributed by atoms with Crippen molar-refractivity contribution >= 4 is 34.4 Å². The largest absolute Gasteiger partial charge is 0.349 e. The molecule has 1 heterocycles. The van der Waals surface area contributed by atoms with Gasteiger partial charge in [0.1, 0.15) is 5.01 Å². The molecule has 1 aliphatic rings. The van der Waals surface area contributed by atoms with Crippen molar-refractivity contribution < 1.29 is 9.59 Å². The van der Waals surface area contributed by atoms with E-state index in [4.69, 9.17) is 0 Å². The predicted molar refractivity (Wildman–Crippen MR) is 103 cm³/mol. The van der Waals surface area contributed by atoms with Gasteiger partial charge in [0.05, 0.1) is 0 Å². The summed E-state index contributed by atoms with van der Waals surface area (Å²) in [7, 11) is 0. The molecule has 0 saturated heterocycles. The first-order valence-electron chi connectivity index (χ1n) is 8.55. The lowest BCUT2D eigenvalue weighted by atomic mass is 9.98. The van der Waals surface area contributed by atoms with Crippen LogP contribution < -0.4 is 10.6 Å². The standard InChI is InChI=1S/C19H22N4O2S/c1-19(2,3)17-22-23-18(26-17)21-15(24)11-6-12-4-7-13(8-5-12)16(25)20-14-9-10-14/h4-8,11,14H,9-10H2,1-3H3,(H,20,25)(H,21,23,24). The molecule has 2 amide bonds. The van der Waals surface area contributed by atoms with E-state index in [-0.39, 0.29) is 17.2 Å². The summed E-state index contributed by atoms with van der Waals surface area (Å²) < 4.78 is 0. The van der Waals surface area contributed by atoms with Crippen LogP contribution >= 0.6 is 11.3 Å². The molecule has 0 spiro atoms. The molecule has 136 valence electrons. The van der Waals surface area contributed by atoms with Crippen molar-refractivity contribution in [1.29, 1.82) is 0 Å². The number of benzene rings is 1. The van der Waals surface area contributed by atoms with Crippen molar-refractivity contribution in [1.82, 2.24) is 15.5 Å². The fraction of sp³-hybridized carbons (Fsp3) is 0.368. The molecule has 1 aromatic heterocycles. The van der Waals surface area contributed by atoms with E-state index < -0.39 is 0 Å². The number of amides is 2. The quantitative estimate of drug-likeness (QED) is 0.790. The van der Waals surface area contributed by atoms with Crippen molar-refractivity contribution in [3.8, 4) is 0 Å². The fourth-order valence-electron chi connectivity index (χ4n) is 2.14. The summed E-state index contributed by atoms with van der Waals surface area (Å²) in [5, 5.41) is 15.1. The van der Waals surface area contributed by atoms with Crippen LogP contribution in [-0.4, -0.2) is 28.1 Å². The molecule has 0 bridgehead atoms. The number of carbonyl (C=O) groups is 2. The second-order valence-electron chi connectivity index (χ2n) is 7.35. The van der Waals surface area contributed by atoms with Crippen LogP contribution in [0.5, 0.6) is 0 Å². The van der Waals surface area contributed by atoms with Crippen molar-refractivity contribution in [3.05, 3.63) is 46.5 Å². The molecule has 1 fully saturated rings. The SMILES string of the molecule is CC(C)(C)c1nnc(NC(=O)C=Cc2ccc(C(=O)NC3CC3)cc2)s1. The van der Waals surface area contributed by atoms with E-state index in [1.807, 2.05) is 32.9 Å². The maximum atomic E-state index is 12.0. The first-order chi connectivity index (χ1) is 12.3. The Bertz CT molecular complexity index is 830. The van der Waals surface area contributed by atoms with Gasteiger partial charge in [0.25, 0.3) is 5.91 Å². The van der Waals surface area contributed by atoms with Crippen molar-refractivity contribution in [2.75, 3.05) is 5.32 Å². The highest BCUT2D eigenvalue weighted by Crippen LogP contribution is 2.27. The molecule has 6 nitrogen and oxygen atoms in total. The van der Waals surface area contributed by atoms with Gasteiger partial charge in [-0.25, -0.2) is 0 Å². The third kappa shape index (κ3) is 4.98. The number of carbonyl (C=O) groups excluding carboxylic acids is 2. The average Bonchev–Trinajstić information content (AvgIpc) is 3.27. The Kier molecular flexibility index (Phi) is 5.18. The molecular formula is C19H22N4O2S. The van der Waals surface area contributed by atoms with Gasteiger partial charge in [-0.3, -0.25) is 14.9 Å². The number of rotatable bonds is 5. The molecule has 2 aromatic rings. The van der Waals surface area contributed by atoms with Crippen LogP contribution in [0.4, 0.5) is 5.13 Å². The van der Waals surface area contributed by atoms with Crippen LogP contribution in [0.1, 0.15) is 54.5 Å². The van der Waals surface area contributed by atoms with Crippen LogP contribution in [0.2, 0.25) is 0 Å². The number of hydrogen-bond acceptors (Lipinski definition) is 5. The average molecular weight is 370 g/mol. The van der Waals surface area contributed by atoms with E-state index in [0.29, 0.717) is 16.7 Å². The highest BCUT2D eigenvalue weighted by atomic mass is 32.1. The molecule has 26 heavy (non-hydrogen) atoms. The van der Waals surface area contributed by atoms with E-state index in [9.17, 15) is 9.59 Å². The summed E-state index contributed by atoms with van der Waals surface area (Å²) >= 11 is 1.37. The number of aromatic nitrogens is 2. The molecule has 0 radical (unpaired) electrons. The van der Waals surface area contributed by atoms with Gasteiger partial charge < -0.3 is 5.32 Å². The zero-order valence-corrected chi connectivity index (χ0v) is 15.9. The molecular weight excluding hydrogens is 348 g/mol.